The van der Waals surface area contributed by atoms with Gasteiger partial charge in [-0.05, 0) is 43.0 Å². The Bertz CT molecular complexity index is 727. The van der Waals surface area contributed by atoms with Crippen molar-refractivity contribution in [3.05, 3.63) is 23.8 Å². The van der Waals surface area contributed by atoms with Crippen molar-refractivity contribution in [3.8, 4) is 0 Å². The van der Waals surface area contributed by atoms with Crippen LogP contribution in [0.5, 0.6) is 0 Å². The van der Waals surface area contributed by atoms with E-state index in [2.05, 4.69) is 4.72 Å². The quantitative estimate of drug-likeness (QED) is 0.887. The summed E-state index contributed by atoms with van der Waals surface area (Å²) in [6, 6.07) is 4.99. The molecule has 1 aromatic carbocycles. The van der Waals surface area contributed by atoms with Crippen LogP contribution in [-0.4, -0.2) is 35.4 Å². The molecular formula is C13H20N2O4S2. The first-order valence-electron chi connectivity index (χ1n) is 6.84. The third-order valence-electron chi connectivity index (χ3n) is 3.30. The summed E-state index contributed by atoms with van der Waals surface area (Å²) in [6.45, 7) is 2.27. The van der Waals surface area contributed by atoms with Crippen molar-refractivity contribution in [3.63, 3.8) is 0 Å². The predicted octanol–water partition coefficient (Wildman–Crippen LogP) is 1.55. The van der Waals surface area contributed by atoms with E-state index in [1.807, 2.05) is 0 Å². The van der Waals surface area contributed by atoms with Crippen LogP contribution in [0.1, 0.15) is 25.3 Å². The predicted molar refractivity (Wildman–Crippen MR) is 84.7 cm³/mol. The summed E-state index contributed by atoms with van der Waals surface area (Å²) in [5.41, 5.74) is 1.98. The van der Waals surface area contributed by atoms with Crippen LogP contribution in [0.2, 0.25) is 0 Å². The summed E-state index contributed by atoms with van der Waals surface area (Å²) in [4.78, 5) is 0. The van der Waals surface area contributed by atoms with Gasteiger partial charge in [0.05, 0.1) is 17.7 Å². The van der Waals surface area contributed by atoms with Gasteiger partial charge in [-0.25, -0.2) is 16.8 Å². The van der Waals surface area contributed by atoms with Crippen molar-refractivity contribution in [2.75, 3.05) is 27.6 Å². The number of rotatable bonds is 5. The summed E-state index contributed by atoms with van der Waals surface area (Å²) in [7, 11) is -6.64. The second kappa shape index (κ2) is 5.84. The van der Waals surface area contributed by atoms with Gasteiger partial charge in [0.2, 0.25) is 20.0 Å². The molecule has 0 radical (unpaired) electrons. The van der Waals surface area contributed by atoms with Crippen LogP contribution in [0, 0.1) is 0 Å². The molecule has 2 rings (SSSR count). The number of sulfonamides is 2. The maximum absolute atomic E-state index is 11.8. The van der Waals surface area contributed by atoms with Gasteiger partial charge in [-0.2, -0.15) is 0 Å². The van der Waals surface area contributed by atoms with Gasteiger partial charge in [0.25, 0.3) is 0 Å². The molecule has 0 atom stereocenters. The van der Waals surface area contributed by atoms with Crippen molar-refractivity contribution in [2.24, 2.45) is 0 Å². The monoisotopic (exact) mass is 332 g/mol. The number of hydrogen-bond acceptors (Lipinski definition) is 4. The van der Waals surface area contributed by atoms with Crippen molar-refractivity contribution in [1.82, 2.24) is 0 Å². The van der Waals surface area contributed by atoms with E-state index in [1.165, 1.54) is 10.6 Å². The Morgan fingerprint density at radius 3 is 2.57 bits per heavy atom. The molecule has 1 N–H and O–H groups in total. The highest BCUT2D eigenvalue weighted by Crippen LogP contribution is 2.31. The highest BCUT2D eigenvalue weighted by molar-refractivity contribution is 7.92. The van der Waals surface area contributed by atoms with Gasteiger partial charge in [0.15, 0.2) is 0 Å². The van der Waals surface area contributed by atoms with E-state index in [9.17, 15) is 16.8 Å². The second-order valence-corrected chi connectivity index (χ2v) is 8.95. The van der Waals surface area contributed by atoms with E-state index in [0.29, 0.717) is 24.3 Å². The van der Waals surface area contributed by atoms with Crippen LogP contribution >= 0.6 is 0 Å². The largest absolute Gasteiger partial charge is 0.284 e. The van der Waals surface area contributed by atoms with Crippen molar-refractivity contribution in [1.29, 1.82) is 0 Å². The van der Waals surface area contributed by atoms with Gasteiger partial charge in [0.1, 0.15) is 0 Å². The maximum atomic E-state index is 11.8. The molecule has 0 spiro atoms. The first-order chi connectivity index (χ1) is 9.73. The average molecular weight is 332 g/mol. The molecule has 0 bridgehead atoms. The number of hydrogen-bond donors (Lipinski definition) is 1. The second-order valence-electron chi connectivity index (χ2n) is 5.20. The van der Waals surface area contributed by atoms with Crippen LogP contribution in [-0.2, 0) is 26.5 Å². The van der Waals surface area contributed by atoms with Crippen molar-refractivity contribution < 1.29 is 16.8 Å². The fourth-order valence-electron chi connectivity index (χ4n) is 2.47. The van der Waals surface area contributed by atoms with E-state index in [-0.39, 0.29) is 5.75 Å². The van der Waals surface area contributed by atoms with E-state index in [4.69, 9.17) is 0 Å². The van der Waals surface area contributed by atoms with Gasteiger partial charge in [-0.15, -0.1) is 0 Å². The number of nitrogens with zero attached hydrogens (tertiary/aromatic N) is 1. The maximum Gasteiger partial charge on any atom is 0.232 e. The van der Waals surface area contributed by atoms with Crippen LogP contribution < -0.4 is 9.03 Å². The molecule has 1 aliphatic rings. The zero-order valence-corrected chi connectivity index (χ0v) is 13.8. The Kier molecular flexibility index (Phi) is 4.48. The van der Waals surface area contributed by atoms with E-state index in [1.54, 1.807) is 25.1 Å². The smallest absolute Gasteiger partial charge is 0.232 e. The zero-order valence-electron chi connectivity index (χ0n) is 12.2. The normalized spacial score (nSPS) is 15.6. The molecule has 118 valence electrons. The first-order valence-corrected chi connectivity index (χ1v) is 10.3. The molecule has 0 aromatic heterocycles. The highest BCUT2D eigenvalue weighted by Gasteiger charge is 2.24. The first kappa shape index (κ1) is 16.1. The van der Waals surface area contributed by atoms with E-state index < -0.39 is 20.0 Å². The van der Waals surface area contributed by atoms with Gasteiger partial charge in [-0.3, -0.25) is 9.03 Å². The minimum Gasteiger partial charge on any atom is -0.284 e. The number of benzene rings is 1. The molecule has 0 saturated heterocycles. The summed E-state index contributed by atoms with van der Waals surface area (Å²) in [5, 5.41) is 0. The third kappa shape index (κ3) is 3.88. The lowest BCUT2D eigenvalue weighted by Crippen LogP contribution is -2.34. The fraction of sp³-hybridized carbons (Fsp3) is 0.538. The lowest BCUT2D eigenvalue weighted by Gasteiger charge is -2.29. The molecular weight excluding hydrogens is 312 g/mol. The van der Waals surface area contributed by atoms with Crippen LogP contribution in [0.4, 0.5) is 11.4 Å². The van der Waals surface area contributed by atoms with E-state index in [0.717, 1.165) is 18.4 Å². The van der Waals surface area contributed by atoms with Crippen molar-refractivity contribution >= 4 is 31.4 Å². The topological polar surface area (TPSA) is 83.6 Å². The molecule has 0 unspecified atom stereocenters. The lowest BCUT2D eigenvalue weighted by molar-refractivity contribution is 0.592. The third-order valence-corrected chi connectivity index (χ3v) is 5.97. The van der Waals surface area contributed by atoms with Gasteiger partial charge in [-0.1, -0.05) is 6.92 Å². The summed E-state index contributed by atoms with van der Waals surface area (Å²) in [6.07, 6.45) is 3.19. The van der Waals surface area contributed by atoms with Gasteiger partial charge >= 0.3 is 0 Å². The standard InChI is InChI=1S/C13H20N2O4S2/c1-3-9-21(18,19)14-12-6-7-13-11(10-12)5-4-8-15(13)20(2,16)17/h6-7,10,14H,3-5,8-9H2,1-2H3. The van der Waals surface area contributed by atoms with Gasteiger partial charge < -0.3 is 0 Å². The van der Waals surface area contributed by atoms with Crippen LogP contribution in [0.3, 0.4) is 0 Å². The minimum atomic E-state index is -3.34. The molecule has 0 saturated carbocycles. The summed E-state index contributed by atoms with van der Waals surface area (Å²) in [5.74, 6) is 0.0690. The zero-order chi connectivity index (χ0) is 15.7. The highest BCUT2D eigenvalue weighted by atomic mass is 32.2. The number of nitrogens with one attached hydrogen (secondary N) is 1. The fourth-order valence-corrected chi connectivity index (χ4v) is 4.59. The van der Waals surface area contributed by atoms with Gasteiger partial charge in [0, 0.05) is 12.2 Å². The molecule has 8 heteroatoms. The minimum absolute atomic E-state index is 0.0690. The number of aryl methyl sites for hydroxylation is 1. The Labute approximate surface area is 126 Å². The Hall–Kier alpha value is -1.28. The molecule has 1 aliphatic heterocycles. The van der Waals surface area contributed by atoms with Crippen LogP contribution in [0.25, 0.3) is 0 Å². The lowest BCUT2D eigenvalue weighted by atomic mass is 10.0. The molecule has 0 amide bonds. The summed E-state index contributed by atoms with van der Waals surface area (Å²) >= 11 is 0. The molecule has 21 heavy (non-hydrogen) atoms. The van der Waals surface area contributed by atoms with Crippen molar-refractivity contribution in [2.45, 2.75) is 26.2 Å². The molecule has 1 heterocycles. The Morgan fingerprint density at radius 2 is 1.95 bits per heavy atom. The molecule has 6 nitrogen and oxygen atoms in total. The van der Waals surface area contributed by atoms with Crippen LogP contribution in [0.15, 0.2) is 18.2 Å². The molecule has 1 aromatic rings. The average Bonchev–Trinajstić information content (AvgIpc) is 2.36. The Balaban J connectivity index is 2.32. The SMILES string of the molecule is CCCS(=O)(=O)Nc1ccc2c(c1)CCCN2S(C)(=O)=O. The number of fused-ring (bicyclic) bond motifs is 1. The molecule has 0 aliphatic carbocycles. The number of anilines is 2. The Morgan fingerprint density at radius 1 is 1.24 bits per heavy atom. The van der Waals surface area contributed by atoms with E-state index >= 15 is 0 Å². The molecule has 0 fully saturated rings. The summed E-state index contributed by atoms with van der Waals surface area (Å²) < 4.78 is 51.0.